The topological polar surface area (TPSA) is 98.6 Å². The van der Waals surface area contributed by atoms with Crippen molar-refractivity contribution < 1.29 is 18.6 Å². The zero-order valence-corrected chi connectivity index (χ0v) is 19.5. The first kappa shape index (κ1) is 23.3. The first-order valence-corrected chi connectivity index (χ1v) is 11.6. The first-order chi connectivity index (χ1) is 16.9. The second-order valence-electron chi connectivity index (χ2n) is 9.28. The number of pyridine rings is 1. The molecule has 1 aliphatic rings. The number of phenolic OH excluding ortho intramolecular Hbond substituents is 1. The molecule has 1 fully saturated rings. The summed E-state index contributed by atoms with van der Waals surface area (Å²) >= 11 is 0. The molecule has 0 saturated heterocycles. The van der Waals surface area contributed by atoms with E-state index in [0.29, 0.717) is 23.7 Å². The highest BCUT2D eigenvalue weighted by molar-refractivity contribution is 5.63. The molecule has 182 valence electrons. The van der Waals surface area contributed by atoms with E-state index < -0.39 is 17.4 Å². The van der Waals surface area contributed by atoms with E-state index in [1.807, 2.05) is 12.3 Å². The van der Waals surface area contributed by atoms with Crippen molar-refractivity contribution in [3.05, 3.63) is 77.5 Å². The van der Waals surface area contributed by atoms with Gasteiger partial charge in [-0.15, -0.1) is 0 Å². The molecule has 0 bridgehead atoms. The molecule has 1 aliphatic carbocycles. The number of imidazole rings is 1. The third-order valence-electron chi connectivity index (χ3n) is 6.94. The normalized spacial score (nSPS) is 22.5. The number of methoxy groups -OCH3 is 1. The number of nitrogens with zero attached hydrogens (tertiary/aromatic N) is 4. The van der Waals surface area contributed by atoms with Crippen LogP contribution in [0.4, 0.5) is 8.78 Å². The van der Waals surface area contributed by atoms with Gasteiger partial charge in [-0.2, -0.15) is 5.10 Å². The fraction of sp³-hybridized carbons (Fsp3) is 0.346. The minimum Gasteiger partial charge on any atom is -0.508 e. The minimum absolute atomic E-state index is 0.0380. The highest BCUT2D eigenvalue weighted by atomic mass is 19.1. The predicted octanol–water partition coefficient (Wildman–Crippen LogP) is 4.22. The third kappa shape index (κ3) is 4.37. The summed E-state index contributed by atoms with van der Waals surface area (Å²) in [6, 6.07) is 6.95. The molecule has 0 spiro atoms. The number of aromatic hydroxyl groups is 1. The van der Waals surface area contributed by atoms with Gasteiger partial charge in [0, 0.05) is 44.1 Å². The Kier molecular flexibility index (Phi) is 6.21. The van der Waals surface area contributed by atoms with Crippen LogP contribution in [0.25, 0.3) is 16.8 Å². The summed E-state index contributed by atoms with van der Waals surface area (Å²) in [5, 5.41) is 13.9. The molecule has 1 saturated carbocycles. The maximum atomic E-state index is 14.5. The van der Waals surface area contributed by atoms with E-state index in [9.17, 15) is 13.9 Å². The number of aromatic nitrogens is 4. The molecule has 1 aromatic carbocycles. The van der Waals surface area contributed by atoms with E-state index >= 15 is 0 Å². The average molecular weight is 480 g/mol. The van der Waals surface area contributed by atoms with Gasteiger partial charge >= 0.3 is 0 Å². The van der Waals surface area contributed by atoms with E-state index in [1.54, 1.807) is 30.1 Å². The zero-order chi connectivity index (χ0) is 24.7. The van der Waals surface area contributed by atoms with Gasteiger partial charge in [0.25, 0.3) is 0 Å². The standard InChI is InChI=1S/C26H27F2N5O2/c1-14-7-15(8-22(29)26(14)35-2)19-5-6-30-12-16(19)9-24-31-13-17-3-4-23(32-33(17)24)25-20(27)10-18(34)11-21(25)28/h3-6,10-15,22,26,34H,7-9,29H2,1-2H3/t14-,15+,22+,26-/m0/s1. The van der Waals surface area contributed by atoms with Gasteiger partial charge in [-0.25, -0.2) is 18.3 Å². The van der Waals surface area contributed by atoms with Gasteiger partial charge < -0.3 is 15.6 Å². The highest BCUT2D eigenvalue weighted by Gasteiger charge is 2.35. The fourth-order valence-electron chi connectivity index (χ4n) is 5.37. The zero-order valence-electron chi connectivity index (χ0n) is 19.5. The molecule has 0 aliphatic heterocycles. The summed E-state index contributed by atoms with van der Waals surface area (Å²) in [5.74, 6) is -1.05. The Morgan fingerprint density at radius 3 is 2.63 bits per heavy atom. The van der Waals surface area contributed by atoms with Crippen LogP contribution in [0.5, 0.6) is 5.75 Å². The SMILES string of the molecule is CO[C@@H]1[C@H](N)C[C@H](c2ccncc2Cc2ncc3ccc(-c4c(F)cc(O)cc4F)nn23)C[C@@H]1C. The smallest absolute Gasteiger partial charge is 0.139 e. The van der Waals surface area contributed by atoms with Crippen molar-refractivity contribution in [3.63, 3.8) is 0 Å². The van der Waals surface area contributed by atoms with Crippen molar-refractivity contribution in [1.29, 1.82) is 0 Å². The maximum absolute atomic E-state index is 14.5. The van der Waals surface area contributed by atoms with Crippen LogP contribution >= 0.6 is 0 Å². The maximum Gasteiger partial charge on any atom is 0.139 e. The van der Waals surface area contributed by atoms with E-state index in [4.69, 9.17) is 10.5 Å². The molecule has 3 N–H and O–H groups in total. The number of nitrogens with two attached hydrogens (primary N) is 1. The Morgan fingerprint density at radius 2 is 1.91 bits per heavy atom. The summed E-state index contributed by atoms with van der Waals surface area (Å²) in [4.78, 5) is 8.86. The summed E-state index contributed by atoms with van der Waals surface area (Å²) in [7, 11) is 1.71. The van der Waals surface area contributed by atoms with Crippen LogP contribution in [0, 0.1) is 17.6 Å². The number of phenols is 1. The van der Waals surface area contributed by atoms with E-state index in [-0.39, 0.29) is 29.3 Å². The first-order valence-electron chi connectivity index (χ1n) is 11.6. The van der Waals surface area contributed by atoms with Crippen LogP contribution in [-0.2, 0) is 11.2 Å². The lowest BCUT2D eigenvalue weighted by molar-refractivity contribution is 0.00970. The highest BCUT2D eigenvalue weighted by Crippen LogP contribution is 2.38. The van der Waals surface area contributed by atoms with Crippen LogP contribution in [0.3, 0.4) is 0 Å². The minimum atomic E-state index is -0.886. The van der Waals surface area contributed by atoms with E-state index in [2.05, 4.69) is 22.0 Å². The van der Waals surface area contributed by atoms with Crippen LogP contribution < -0.4 is 5.73 Å². The van der Waals surface area contributed by atoms with Crippen molar-refractivity contribution in [2.24, 2.45) is 11.7 Å². The van der Waals surface area contributed by atoms with Crippen molar-refractivity contribution in [2.45, 2.75) is 44.2 Å². The van der Waals surface area contributed by atoms with Crippen molar-refractivity contribution >= 4 is 5.52 Å². The van der Waals surface area contributed by atoms with E-state index in [0.717, 1.165) is 30.5 Å². The molecule has 5 rings (SSSR count). The molecule has 4 aromatic rings. The summed E-state index contributed by atoms with van der Waals surface area (Å²) in [5.41, 5.74) is 9.11. The molecule has 3 heterocycles. The third-order valence-corrected chi connectivity index (χ3v) is 6.94. The Morgan fingerprint density at radius 1 is 1.14 bits per heavy atom. The lowest BCUT2D eigenvalue weighted by Crippen LogP contribution is -2.45. The number of benzene rings is 1. The number of halogens is 2. The van der Waals surface area contributed by atoms with Crippen LogP contribution in [0.1, 0.15) is 42.6 Å². The van der Waals surface area contributed by atoms with Gasteiger partial charge in [0.05, 0.1) is 29.1 Å². The molecule has 35 heavy (non-hydrogen) atoms. The molecule has 7 nitrogen and oxygen atoms in total. The molecule has 0 amide bonds. The lowest BCUT2D eigenvalue weighted by atomic mass is 9.74. The predicted molar refractivity (Wildman–Crippen MR) is 127 cm³/mol. The number of fused-ring (bicyclic) bond motifs is 1. The second-order valence-corrected chi connectivity index (χ2v) is 9.28. The molecule has 4 atom stereocenters. The summed E-state index contributed by atoms with van der Waals surface area (Å²) in [6.45, 7) is 2.16. The van der Waals surface area contributed by atoms with Gasteiger partial charge in [-0.3, -0.25) is 4.98 Å². The second kappa shape index (κ2) is 9.31. The Bertz CT molecular complexity index is 1340. The summed E-state index contributed by atoms with van der Waals surface area (Å²) in [6.07, 6.45) is 7.54. The lowest BCUT2D eigenvalue weighted by Gasteiger charge is -2.38. The van der Waals surface area contributed by atoms with Gasteiger partial charge in [0.2, 0.25) is 0 Å². The number of ether oxygens (including phenoxy) is 1. The van der Waals surface area contributed by atoms with Gasteiger partial charge in [-0.05, 0) is 54.0 Å². The Labute approximate surface area is 201 Å². The average Bonchev–Trinajstić information content (AvgIpc) is 3.20. The van der Waals surface area contributed by atoms with Crippen molar-refractivity contribution in [3.8, 4) is 17.0 Å². The number of hydrogen-bond acceptors (Lipinski definition) is 6. The molecule has 9 heteroatoms. The van der Waals surface area contributed by atoms with Gasteiger partial charge in [0.1, 0.15) is 23.2 Å². The molecule has 0 radical (unpaired) electrons. The summed E-state index contributed by atoms with van der Waals surface area (Å²) < 4.78 is 36.1. The molecular formula is C26H27F2N5O2. The number of rotatable bonds is 5. The Hall–Kier alpha value is -3.43. The van der Waals surface area contributed by atoms with Gasteiger partial charge in [-0.1, -0.05) is 6.92 Å². The van der Waals surface area contributed by atoms with Crippen LogP contribution in [-0.4, -0.2) is 43.9 Å². The Balaban J connectivity index is 1.49. The monoisotopic (exact) mass is 479 g/mol. The van der Waals surface area contributed by atoms with Crippen LogP contribution in [0.2, 0.25) is 0 Å². The van der Waals surface area contributed by atoms with Crippen molar-refractivity contribution in [1.82, 2.24) is 19.6 Å². The van der Waals surface area contributed by atoms with Gasteiger partial charge in [0.15, 0.2) is 0 Å². The number of hydrogen-bond donors (Lipinski definition) is 2. The van der Waals surface area contributed by atoms with Crippen LogP contribution in [0.15, 0.2) is 48.9 Å². The molecular weight excluding hydrogens is 452 g/mol. The largest absolute Gasteiger partial charge is 0.508 e. The van der Waals surface area contributed by atoms with E-state index in [1.165, 1.54) is 11.6 Å². The fourth-order valence-corrected chi connectivity index (χ4v) is 5.37. The quantitative estimate of drug-likeness (QED) is 0.445. The van der Waals surface area contributed by atoms with Crippen molar-refractivity contribution in [2.75, 3.05) is 7.11 Å². The molecule has 0 unspecified atom stereocenters. The molecule has 3 aromatic heterocycles.